The Balaban J connectivity index is 2.19. The van der Waals surface area contributed by atoms with Crippen LogP contribution in [0.4, 0.5) is 26.3 Å². The number of hydrogen-bond acceptors (Lipinski definition) is 2. The minimum atomic E-state index is -4.67. The molecule has 10 heteroatoms. The Bertz CT molecular complexity index is 737. The molecule has 136 valence electrons. The topological polar surface area (TPSA) is 46.5 Å². The Labute approximate surface area is 138 Å². The first kappa shape index (κ1) is 19.3. The van der Waals surface area contributed by atoms with E-state index in [1.807, 2.05) is 0 Å². The van der Waals surface area contributed by atoms with Gasteiger partial charge in [0, 0.05) is 0 Å². The van der Waals surface area contributed by atoms with Gasteiger partial charge in [0.05, 0.1) is 17.3 Å². The summed E-state index contributed by atoms with van der Waals surface area (Å²) >= 11 is 0. The maximum atomic E-state index is 12.6. The van der Waals surface area contributed by atoms with Crippen molar-refractivity contribution in [3.8, 4) is 5.75 Å². The van der Waals surface area contributed by atoms with Crippen molar-refractivity contribution in [1.29, 1.82) is 0 Å². The fourth-order valence-electron chi connectivity index (χ4n) is 2.00. The van der Waals surface area contributed by atoms with Gasteiger partial charge in [0.2, 0.25) is 0 Å². The molecule has 3 nitrogen and oxygen atoms in total. The second-order valence-electron chi connectivity index (χ2n) is 5.11. The zero-order chi connectivity index (χ0) is 18.9. The predicted molar refractivity (Wildman–Crippen MR) is 77.0 cm³/mol. The average molecular weight is 384 g/mol. The van der Waals surface area contributed by atoms with Crippen molar-refractivity contribution in [3.63, 3.8) is 0 Å². The van der Waals surface area contributed by atoms with Gasteiger partial charge in [-0.1, -0.05) is 24.3 Å². The van der Waals surface area contributed by atoms with E-state index >= 15 is 0 Å². The first-order valence-corrected chi connectivity index (χ1v) is 8.48. The first-order chi connectivity index (χ1) is 11.4. The summed E-state index contributed by atoms with van der Waals surface area (Å²) in [5.41, 5.74) is -2.22. The smallest absolute Gasteiger partial charge is 0.416 e. The average Bonchev–Trinajstić information content (AvgIpc) is 2.45. The lowest BCUT2D eigenvalue weighted by molar-refractivity contribution is -0.138. The summed E-state index contributed by atoms with van der Waals surface area (Å²) in [6.07, 6.45) is -10.1. The lowest BCUT2D eigenvalue weighted by atomic mass is 10.1. The summed E-state index contributed by atoms with van der Waals surface area (Å²) < 4.78 is 92.5. The second-order valence-corrected chi connectivity index (χ2v) is 6.88. The molecular formula is C15H11F6O3P. The highest BCUT2D eigenvalue weighted by molar-refractivity contribution is 7.52. The number of halogens is 6. The van der Waals surface area contributed by atoms with Crippen LogP contribution in [0.15, 0.2) is 48.5 Å². The van der Waals surface area contributed by atoms with Crippen molar-refractivity contribution >= 4 is 7.60 Å². The van der Waals surface area contributed by atoms with Crippen LogP contribution in [0.3, 0.4) is 0 Å². The number of hydrogen-bond donors (Lipinski definition) is 1. The molecule has 0 aromatic heterocycles. The molecule has 0 fully saturated rings. The fourth-order valence-corrected chi connectivity index (χ4v) is 3.17. The Morgan fingerprint density at radius 1 is 0.880 bits per heavy atom. The van der Waals surface area contributed by atoms with Crippen LogP contribution in [-0.4, -0.2) is 4.89 Å². The normalized spacial score (nSPS) is 14.8. The lowest BCUT2D eigenvalue weighted by Gasteiger charge is -2.15. The van der Waals surface area contributed by atoms with Gasteiger partial charge in [-0.2, -0.15) is 26.3 Å². The molecule has 25 heavy (non-hydrogen) atoms. The van der Waals surface area contributed by atoms with Crippen molar-refractivity contribution in [2.75, 3.05) is 0 Å². The minimum Gasteiger partial charge on any atom is -0.424 e. The Hall–Kier alpha value is -1.99. The molecule has 0 amide bonds. The van der Waals surface area contributed by atoms with Gasteiger partial charge in [0.25, 0.3) is 0 Å². The van der Waals surface area contributed by atoms with Crippen molar-refractivity contribution in [3.05, 3.63) is 65.2 Å². The summed E-state index contributed by atoms with van der Waals surface area (Å²) in [6.45, 7) is 0. The highest BCUT2D eigenvalue weighted by atomic mass is 31.2. The third-order valence-corrected chi connectivity index (χ3v) is 4.31. The summed E-state index contributed by atoms with van der Waals surface area (Å²) in [5.74, 6) is -0.507. The molecule has 0 saturated carbocycles. The number of benzene rings is 2. The van der Waals surface area contributed by atoms with Gasteiger partial charge in [0.15, 0.2) is 0 Å². The molecule has 1 atom stereocenters. The quantitative estimate of drug-likeness (QED) is 0.560. The van der Waals surface area contributed by atoms with E-state index in [0.717, 1.165) is 30.3 Å². The van der Waals surface area contributed by atoms with E-state index < -0.39 is 43.0 Å². The monoisotopic (exact) mass is 384 g/mol. The van der Waals surface area contributed by atoms with Gasteiger partial charge in [-0.15, -0.1) is 0 Å². The largest absolute Gasteiger partial charge is 0.424 e. The molecule has 0 saturated heterocycles. The van der Waals surface area contributed by atoms with Gasteiger partial charge in [-0.05, 0) is 29.8 Å². The maximum Gasteiger partial charge on any atom is 0.416 e. The van der Waals surface area contributed by atoms with Crippen LogP contribution in [0, 0.1) is 0 Å². The predicted octanol–water partition coefficient (Wildman–Crippen LogP) is 5.49. The molecule has 0 aliphatic rings. The molecule has 0 aliphatic heterocycles. The first-order valence-electron chi connectivity index (χ1n) is 6.72. The van der Waals surface area contributed by atoms with E-state index in [2.05, 4.69) is 0 Å². The van der Waals surface area contributed by atoms with E-state index in [9.17, 15) is 35.8 Å². The van der Waals surface area contributed by atoms with Crippen LogP contribution in [-0.2, 0) is 23.1 Å². The highest BCUT2D eigenvalue weighted by Gasteiger charge is 2.33. The van der Waals surface area contributed by atoms with Crippen LogP contribution in [0.25, 0.3) is 0 Å². The molecule has 0 heterocycles. The van der Waals surface area contributed by atoms with E-state index in [0.29, 0.717) is 12.1 Å². The Morgan fingerprint density at radius 2 is 1.40 bits per heavy atom. The zero-order valence-corrected chi connectivity index (χ0v) is 13.2. The highest BCUT2D eigenvalue weighted by Crippen LogP contribution is 2.47. The van der Waals surface area contributed by atoms with Crippen LogP contribution in [0.1, 0.15) is 16.7 Å². The molecule has 0 aliphatic carbocycles. The van der Waals surface area contributed by atoms with Gasteiger partial charge in [-0.3, -0.25) is 0 Å². The molecule has 0 bridgehead atoms. The Morgan fingerprint density at radius 3 is 1.96 bits per heavy atom. The van der Waals surface area contributed by atoms with E-state index in [1.165, 1.54) is 6.07 Å². The number of rotatable bonds is 4. The van der Waals surface area contributed by atoms with E-state index in [1.54, 1.807) is 0 Å². The maximum absolute atomic E-state index is 12.6. The van der Waals surface area contributed by atoms with Crippen LogP contribution < -0.4 is 4.52 Å². The number of alkyl halides is 6. The fraction of sp³-hybridized carbons (Fsp3) is 0.200. The standard InChI is InChI=1S/C15H11F6O3P/c16-14(17,18)11-4-1-3-10(7-11)9-25(22,23)24-13-6-2-5-12(8-13)15(19,20)21/h1-8H,9H2,(H,22,23). The van der Waals surface area contributed by atoms with Crippen LogP contribution >= 0.6 is 7.60 Å². The molecule has 1 N–H and O–H groups in total. The summed E-state index contributed by atoms with van der Waals surface area (Å²) in [6, 6.07) is 7.04. The molecule has 2 rings (SSSR count). The van der Waals surface area contributed by atoms with Crippen molar-refractivity contribution in [2.45, 2.75) is 18.5 Å². The van der Waals surface area contributed by atoms with Gasteiger partial charge >= 0.3 is 19.9 Å². The molecule has 0 spiro atoms. The van der Waals surface area contributed by atoms with E-state index in [4.69, 9.17) is 4.52 Å². The molecule has 1 unspecified atom stereocenters. The minimum absolute atomic E-state index is 0.132. The third-order valence-electron chi connectivity index (χ3n) is 3.05. The van der Waals surface area contributed by atoms with Gasteiger partial charge in [0.1, 0.15) is 5.75 Å². The van der Waals surface area contributed by atoms with Gasteiger partial charge < -0.3 is 9.42 Å². The third kappa shape index (κ3) is 5.51. The SMILES string of the molecule is O=P(O)(Cc1cccc(C(F)(F)F)c1)Oc1cccc(C(F)(F)F)c1. The van der Waals surface area contributed by atoms with Crippen molar-refractivity contribution < 1.29 is 40.3 Å². The lowest BCUT2D eigenvalue weighted by Crippen LogP contribution is -2.06. The van der Waals surface area contributed by atoms with Crippen LogP contribution in [0.2, 0.25) is 0 Å². The summed E-state index contributed by atoms with van der Waals surface area (Å²) in [5, 5.41) is 0. The second kappa shape index (κ2) is 6.72. The van der Waals surface area contributed by atoms with Crippen molar-refractivity contribution in [2.24, 2.45) is 0 Å². The summed E-state index contributed by atoms with van der Waals surface area (Å²) in [4.78, 5) is 9.78. The van der Waals surface area contributed by atoms with E-state index in [-0.39, 0.29) is 5.56 Å². The molecule has 2 aromatic carbocycles. The van der Waals surface area contributed by atoms with Crippen LogP contribution in [0.5, 0.6) is 5.75 Å². The van der Waals surface area contributed by atoms with Crippen molar-refractivity contribution in [1.82, 2.24) is 0 Å². The van der Waals surface area contributed by atoms with Gasteiger partial charge in [-0.25, -0.2) is 4.57 Å². The molecule has 0 radical (unpaired) electrons. The molecular weight excluding hydrogens is 373 g/mol. The molecule has 2 aromatic rings. The zero-order valence-electron chi connectivity index (χ0n) is 12.3. The Kier molecular flexibility index (Phi) is 5.20. The summed E-state index contributed by atoms with van der Waals surface area (Å²) in [7, 11) is -4.52.